The second-order valence-electron chi connectivity index (χ2n) is 4.64. The van der Waals surface area contributed by atoms with E-state index in [-0.39, 0.29) is 6.54 Å². The van der Waals surface area contributed by atoms with Crippen LogP contribution < -0.4 is 5.73 Å². The Balaban J connectivity index is 2.86. The number of nitrogens with two attached hydrogens (primary N) is 1. The third-order valence-electron chi connectivity index (χ3n) is 2.73. The average Bonchev–Trinajstić information content (AvgIpc) is 2.27. The zero-order valence-corrected chi connectivity index (χ0v) is 9.51. The zero-order chi connectivity index (χ0) is 11.9. The molecule has 0 amide bonds. The monoisotopic (exact) mass is 217 g/mol. The largest absolute Gasteiger partial charge is 0.396 e. The second-order valence-corrected chi connectivity index (χ2v) is 4.64. The highest BCUT2D eigenvalue weighted by Gasteiger charge is 2.42. The Morgan fingerprint density at radius 2 is 1.93 bits per heavy atom. The van der Waals surface area contributed by atoms with Crippen molar-refractivity contribution >= 4 is 5.69 Å². The quantitative estimate of drug-likeness (QED) is 0.845. The van der Waals surface area contributed by atoms with Gasteiger partial charge >= 0.3 is 0 Å². The van der Waals surface area contributed by atoms with Crippen LogP contribution in [0.15, 0.2) is 6.20 Å². The first-order chi connectivity index (χ1) is 6.63. The fraction of sp³-hybridized carbons (Fsp3) is 0.700. The van der Waals surface area contributed by atoms with Gasteiger partial charge in [-0.15, -0.1) is 0 Å². The lowest BCUT2D eigenvalue weighted by molar-refractivity contribution is -0.0973. The molecule has 0 aromatic carbocycles. The van der Waals surface area contributed by atoms with Gasteiger partial charge in [-0.05, 0) is 13.8 Å². The Morgan fingerprint density at radius 3 is 2.27 bits per heavy atom. The van der Waals surface area contributed by atoms with Gasteiger partial charge in [0.05, 0.1) is 17.9 Å². The van der Waals surface area contributed by atoms with E-state index in [1.54, 1.807) is 13.1 Å². The van der Waals surface area contributed by atoms with Crippen LogP contribution in [0.2, 0.25) is 0 Å². The first-order valence-corrected chi connectivity index (χ1v) is 4.81. The fourth-order valence-electron chi connectivity index (χ4n) is 1.16. The van der Waals surface area contributed by atoms with Gasteiger partial charge in [0.2, 0.25) is 0 Å². The van der Waals surface area contributed by atoms with Gasteiger partial charge in [-0.2, -0.15) is 5.10 Å². The van der Waals surface area contributed by atoms with Gasteiger partial charge in [-0.3, -0.25) is 4.68 Å². The van der Waals surface area contributed by atoms with E-state index in [1.165, 1.54) is 18.5 Å². The van der Waals surface area contributed by atoms with Crippen molar-refractivity contribution in [2.24, 2.45) is 5.41 Å². The molecule has 0 atom stereocenters. The van der Waals surface area contributed by atoms with Gasteiger partial charge in [0.25, 0.3) is 5.92 Å². The Kier molecular flexibility index (Phi) is 2.76. The topological polar surface area (TPSA) is 43.8 Å². The molecule has 0 radical (unpaired) electrons. The fourth-order valence-corrected chi connectivity index (χ4v) is 1.16. The second kappa shape index (κ2) is 3.47. The number of hydrogen-bond donors (Lipinski definition) is 1. The molecule has 2 N–H and O–H groups in total. The highest BCUT2D eigenvalue weighted by molar-refractivity contribution is 5.39. The number of aromatic nitrogens is 2. The molecule has 0 unspecified atom stereocenters. The number of alkyl halides is 2. The summed E-state index contributed by atoms with van der Waals surface area (Å²) in [7, 11) is 0. The SMILES string of the molecule is Cc1nn(CC(C)(C)C(C)(F)F)cc1N. The summed E-state index contributed by atoms with van der Waals surface area (Å²) in [6, 6.07) is 0. The molecule has 0 saturated carbocycles. The third kappa shape index (κ3) is 2.46. The molecular formula is C10H17F2N3. The Hall–Kier alpha value is -1.13. The first kappa shape index (κ1) is 11.9. The van der Waals surface area contributed by atoms with E-state index in [9.17, 15) is 8.78 Å². The predicted octanol–water partition coefficient (Wildman–Crippen LogP) is 2.46. The molecular weight excluding hydrogens is 200 g/mol. The summed E-state index contributed by atoms with van der Waals surface area (Å²) in [6.45, 7) is 5.85. The van der Waals surface area contributed by atoms with Crippen molar-refractivity contribution in [1.29, 1.82) is 0 Å². The number of nitrogen functional groups attached to an aromatic ring is 1. The summed E-state index contributed by atoms with van der Waals surface area (Å²) >= 11 is 0. The van der Waals surface area contributed by atoms with Crippen LogP contribution in [0.25, 0.3) is 0 Å². The molecule has 0 saturated heterocycles. The molecule has 1 heterocycles. The summed E-state index contributed by atoms with van der Waals surface area (Å²) in [5.74, 6) is -2.75. The smallest absolute Gasteiger partial charge is 0.252 e. The van der Waals surface area contributed by atoms with Gasteiger partial charge in [0.1, 0.15) is 0 Å². The number of nitrogens with zero attached hydrogens (tertiary/aromatic N) is 2. The summed E-state index contributed by atoms with van der Waals surface area (Å²) < 4.78 is 27.9. The van der Waals surface area contributed by atoms with Crippen molar-refractivity contribution in [1.82, 2.24) is 9.78 Å². The van der Waals surface area contributed by atoms with Crippen LogP contribution in [0.3, 0.4) is 0 Å². The molecule has 3 nitrogen and oxygen atoms in total. The molecule has 0 bridgehead atoms. The first-order valence-electron chi connectivity index (χ1n) is 4.81. The molecule has 1 rings (SSSR count). The number of aryl methyl sites for hydroxylation is 1. The third-order valence-corrected chi connectivity index (χ3v) is 2.73. The molecule has 0 aliphatic heterocycles. The van der Waals surface area contributed by atoms with E-state index in [2.05, 4.69) is 5.10 Å². The van der Waals surface area contributed by atoms with Crippen LogP contribution >= 0.6 is 0 Å². The van der Waals surface area contributed by atoms with Crippen molar-refractivity contribution in [2.45, 2.75) is 40.2 Å². The van der Waals surface area contributed by atoms with E-state index in [0.29, 0.717) is 11.4 Å². The molecule has 0 fully saturated rings. The van der Waals surface area contributed by atoms with E-state index in [1.807, 2.05) is 0 Å². The average molecular weight is 217 g/mol. The molecule has 86 valence electrons. The minimum Gasteiger partial charge on any atom is -0.396 e. The highest BCUT2D eigenvalue weighted by atomic mass is 19.3. The molecule has 1 aromatic heterocycles. The van der Waals surface area contributed by atoms with Crippen molar-refractivity contribution in [3.63, 3.8) is 0 Å². The highest BCUT2D eigenvalue weighted by Crippen LogP contribution is 2.37. The predicted molar refractivity (Wildman–Crippen MR) is 55.8 cm³/mol. The van der Waals surface area contributed by atoms with Crippen LogP contribution in [0.1, 0.15) is 26.5 Å². The standard InChI is InChI=1S/C10H17F2N3/c1-7-8(13)5-15(14-7)6-9(2,3)10(4,11)12/h5H,6,13H2,1-4H3. The Bertz CT molecular complexity index is 331. The van der Waals surface area contributed by atoms with Crippen LogP contribution in [-0.2, 0) is 6.54 Å². The summed E-state index contributed by atoms with van der Waals surface area (Å²) in [4.78, 5) is 0. The van der Waals surface area contributed by atoms with E-state index in [4.69, 9.17) is 5.73 Å². The molecule has 5 heteroatoms. The van der Waals surface area contributed by atoms with E-state index >= 15 is 0 Å². The number of hydrogen-bond acceptors (Lipinski definition) is 2. The number of anilines is 1. The maximum absolute atomic E-state index is 13.2. The van der Waals surface area contributed by atoms with Gasteiger partial charge < -0.3 is 5.73 Å². The summed E-state index contributed by atoms with van der Waals surface area (Å²) in [6.07, 6.45) is 1.59. The lowest BCUT2D eigenvalue weighted by atomic mass is 9.86. The van der Waals surface area contributed by atoms with Crippen molar-refractivity contribution < 1.29 is 8.78 Å². The minimum absolute atomic E-state index is 0.147. The van der Waals surface area contributed by atoms with Crippen molar-refractivity contribution in [2.75, 3.05) is 5.73 Å². The molecule has 0 aliphatic rings. The van der Waals surface area contributed by atoms with Crippen LogP contribution in [0, 0.1) is 12.3 Å². The van der Waals surface area contributed by atoms with Crippen LogP contribution in [0.5, 0.6) is 0 Å². The minimum atomic E-state index is -2.75. The lowest BCUT2D eigenvalue weighted by Gasteiger charge is -2.31. The maximum atomic E-state index is 13.2. The van der Waals surface area contributed by atoms with Crippen LogP contribution in [-0.4, -0.2) is 15.7 Å². The molecule has 0 aliphatic carbocycles. The van der Waals surface area contributed by atoms with E-state index in [0.717, 1.165) is 6.92 Å². The van der Waals surface area contributed by atoms with E-state index < -0.39 is 11.3 Å². The summed E-state index contributed by atoms with van der Waals surface area (Å²) in [5, 5.41) is 4.07. The van der Waals surface area contributed by atoms with Crippen molar-refractivity contribution in [3.05, 3.63) is 11.9 Å². The van der Waals surface area contributed by atoms with Crippen molar-refractivity contribution in [3.8, 4) is 0 Å². The van der Waals surface area contributed by atoms with Gasteiger partial charge in [0.15, 0.2) is 0 Å². The van der Waals surface area contributed by atoms with Crippen LogP contribution in [0.4, 0.5) is 14.5 Å². The van der Waals surface area contributed by atoms with Gasteiger partial charge in [0, 0.05) is 11.6 Å². The Labute approximate surface area is 88.3 Å². The number of rotatable bonds is 3. The molecule has 1 aromatic rings. The van der Waals surface area contributed by atoms with Gasteiger partial charge in [-0.1, -0.05) is 13.8 Å². The Morgan fingerprint density at radius 1 is 1.40 bits per heavy atom. The zero-order valence-electron chi connectivity index (χ0n) is 9.51. The lowest BCUT2D eigenvalue weighted by Crippen LogP contribution is -2.37. The molecule has 15 heavy (non-hydrogen) atoms. The maximum Gasteiger partial charge on any atom is 0.252 e. The molecule has 0 spiro atoms. The summed E-state index contributed by atoms with van der Waals surface area (Å²) in [5.41, 5.74) is 5.66. The van der Waals surface area contributed by atoms with Gasteiger partial charge in [-0.25, -0.2) is 8.78 Å². The number of halogens is 2. The normalized spacial score (nSPS) is 13.2.